The molecule has 0 saturated carbocycles. The lowest BCUT2D eigenvalue weighted by molar-refractivity contribution is 0.0414. The first-order chi connectivity index (χ1) is 11.3. The van der Waals surface area contributed by atoms with Gasteiger partial charge in [0.05, 0.1) is 12.7 Å². The fourth-order valence-corrected chi connectivity index (χ4v) is 2.81. The van der Waals surface area contributed by atoms with Gasteiger partial charge in [0, 0.05) is 18.2 Å². The molecule has 0 fully saturated rings. The minimum absolute atomic E-state index is 0.279. The van der Waals surface area contributed by atoms with E-state index in [9.17, 15) is 0 Å². The second kappa shape index (κ2) is 10.6. The van der Waals surface area contributed by atoms with Gasteiger partial charge in [0.1, 0.15) is 0 Å². The Kier molecular flexibility index (Phi) is 8.37. The quantitative estimate of drug-likeness (QED) is 0.517. The third-order valence-corrected chi connectivity index (χ3v) is 4.46. The van der Waals surface area contributed by atoms with E-state index in [2.05, 4.69) is 52.3 Å². The molecule has 2 rings (SSSR count). The molecule has 3 heteroatoms. The first-order valence-corrected chi connectivity index (χ1v) is 8.96. The van der Waals surface area contributed by atoms with Gasteiger partial charge in [0.25, 0.3) is 0 Å². The third-order valence-electron chi connectivity index (χ3n) is 3.93. The lowest BCUT2D eigenvalue weighted by atomic mass is 10.0. The van der Waals surface area contributed by atoms with Crippen LogP contribution in [-0.4, -0.2) is 19.8 Å². The molecule has 2 nitrogen and oxygen atoms in total. The summed E-state index contributed by atoms with van der Waals surface area (Å²) in [7, 11) is 1.79. The summed E-state index contributed by atoms with van der Waals surface area (Å²) in [5, 5.41) is 0. The fraction of sp³-hybridized carbons (Fsp3) is 0.400. The second-order valence-electron chi connectivity index (χ2n) is 5.70. The number of aryl methyl sites for hydroxylation is 1. The average Bonchev–Trinajstić information content (AvgIpc) is 2.59. The van der Waals surface area contributed by atoms with Crippen LogP contribution in [0.25, 0.3) is 0 Å². The van der Waals surface area contributed by atoms with Crippen LogP contribution in [0.15, 0.2) is 59.1 Å². The number of hydrogen-bond donors (Lipinski definition) is 0. The number of methoxy groups -OCH3 is 1. The van der Waals surface area contributed by atoms with Crippen LogP contribution in [0.5, 0.6) is 0 Å². The maximum atomic E-state index is 5.74. The molecule has 2 aromatic carbocycles. The maximum absolute atomic E-state index is 5.74. The summed E-state index contributed by atoms with van der Waals surface area (Å²) >= 11 is 3.47. The van der Waals surface area contributed by atoms with Gasteiger partial charge in [-0.3, -0.25) is 0 Å². The Hall–Kier alpha value is -1.16. The SMILES string of the molecule is COC(CCCc1ccc(Br)cc1)CCOCc1ccccc1. The smallest absolute Gasteiger partial charge is 0.0716 e. The van der Waals surface area contributed by atoms with Gasteiger partial charge in [-0.05, 0) is 48.9 Å². The molecule has 0 aliphatic rings. The largest absolute Gasteiger partial charge is 0.381 e. The van der Waals surface area contributed by atoms with Crippen LogP contribution in [0.1, 0.15) is 30.4 Å². The predicted octanol–water partition coefficient (Wildman–Crippen LogP) is 5.39. The van der Waals surface area contributed by atoms with Crippen LogP contribution >= 0.6 is 15.9 Å². The Morgan fingerprint density at radius 2 is 1.65 bits per heavy atom. The monoisotopic (exact) mass is 376 g/mol. The molecule has 23 heavy (non-hydrogen) atoms. The summed E-state index contributed by atoms with van der Waals surface area (Å²) < 4.78 is 12.4. The van der Waals surface area contributed by atoms with Crippen LogP contribution < -0.4 is 0 Å². The zero-order valence-electron chi connectivity index (χ0n) is 13.7. The van der Waals surface area contributed by atoms with Gasteiger partial charge in [0.2, 0.25) is 0 Å². The van der Waals surface area contributed by atoms with Crippen molar-refractivity contribution in [1.82, 2.24) is 0 Å². The van der Waals surface area contributed by atoms with Gasteiger partial charge >= 0.3 is 0 Å². The highest BCUT2D eigenvalue weighted by Gasteiger charge is 2.07. The topological polar surface area (TPSA) is 18.5 Å². The summed E-state index contributed by atoms with van der Waals surface area (Å²) in [6.45, 7) is 1.42. The van der Waals surface area contributed by atoms with E-state index in [4.69, 9.17) is 9.47 Å². The predicted molar refractivity (Wildman–Crippen MR) is 98.6 cm³/mol. The molecule has 0 bridgehead atoms. The van der Waals surface area contributed by atoms with Crippen molar-refractivity contribution in [3.63, 3.8) is 0 Å². The van der Waals surface area contributed by atoms with Crippen molar-refractivity contribution in [2.24, 2.45) is 0 Å². The number of benzene rings is 2. The Balaban J connectivity index is 1.60. The van der Waals surface area contributed by atoms with E-state index in [1.807, 2.05) is 18.2 Å². The highest BCUT2D eigenvalue weighted by Crippen LogP contribution is 2.14. The van der Waals surface area contributed by atoms with E-state index in [1.165, 1.54) is 11.1 Å². The first-order valence-electron chi connectivity index (χ1n) is 8.17. The van der Waals surface area contributed by atoms with Crippen LogP contribution in [0.4, 0.5) is 0 Å². The minimum atomic E-state index is 0.279. The average molecular weight is 377 g/mol. The summed E-state index contributed by atoms with van der Waals surface area (Å²) in [6.07, 6.45) is 4.53. The molecule has 124 valence electrons. The number of rotatable bonds is 10. The van der Waals surface area contributed by atoms with E-state index in [0.29, 0.717) is 6.61 Å². The minimum Gasteiger partial charge on any atom is -0.381 e. The van der Waals surface area contributed by atoms with Gasteiger partial charge in [-0.2, -0.15) is 0 Å². The Labute approximate surface area is 148 Å². The molecule has 0 N–H and O–H groups in total. The summed E-state index contributed by atoms with van der Waals surface area (Å²) in [4.78, 5) is 0. The maximum Gasteiger partial charge on any atom is 0.0716 e. The fourth-order valence-electron chi connectivity index (χ4n) is 2.54. The molecule has 0 heterocycles. The zero-order chi connectivity index (χ0) is 16.3. The van der Waals surface area contributed by atoms with Crippen molar-refractivity contribution >= 4 is 15.9 Å². The Bertz CT molecular complexity index is 539. The van der Waals surface area contributed by atoms with Gasteiger partial charge < -0.3 is 9.47 Å². The van der Waals surface area contributed by atoms with E-state index in [1.54, 1.807) is 7.11 Å². The highest BCUT2D eigenvalue weighted by atomic mass is 79.9. The highest BCUT2D eigenvalue weighted by molar-refractivity contribution is 9.10. The summed E-state index contributed by atoms with van der Waals surface area (Å²) in [5.41, 5.74) is 2.60. The van der Waals surface area contributed by atoms with Crippen LogP contribution in [0, 0.1) is 0 Å². The molecule has 0 aliphatic heterocycles. The van der Waals surface area contributed by atoms with E-state index < -0.39 is 0 Å². The van der Waals surface area contributed by atoms with Crippen LogP contribution in [0.3, 0.4) is 0 Å². The number of hydrogen-bond acceptors (Lipinski definition) is 2. The second-order valence-corrected chi connectivity index (χ2v) is 6.62. The molecule has 2 aromatic rings. The van der Waals surface area contributed by atoms with E-state index >= 15 is 0 Å². The molecular weight excluding hydrogens is 352 g/mol. The van der Waals surface area contributed by atoms with Crippen molar-refractivity contribution in [3.8, 4) is 0 Å². The molecule has 0 aliphatic carbocycles. The summed E-state index contributed by atoms with van der Waals surface area (Å²) in [5.74, 6) is 0. The van der Waals surface area contributed by atoms with E-state index in [0.717, 1.165) is 36.8 Å². The molecule has 0 amide bonds. The molecule has 1 atom stereocenters. The molecule has 0 aromatic heterocycles. The summed E-state index contributed by atoms with van der Waals surface area (Å²) in [6, 6.07) is 18.8. The normalized spacial score (nSPS) is 12.3. The van der Waals surface area contributed by atoms with Gasteiger partial charge in [-0.15, -0.1) is 0 Å². The van der Waals surface area contributed by atoms with Gasteiger partial charge in [-0.1, -0.05) is 58.4 Å². The molecule has 0 radical (unpaired) electrons. The Morgan fingerprint density at radius 1 is 0.913 bits per heavy atom. The van der Waals surface area contributed by atoms with Crippen molar-refractivity contribution in [3.05, 3.63) is 70.2 Å². The number of ether oxygens (including phenoxy) is 2. The molecule has 0 spiro atoms. The van der Waals surface area contributed by atoms with Crippen molar-refractivity contribution < 1.29 is 9.47 Å². The molecule has 0 saturated heterocycles. The van der Waals surface area contributed by atoms with E-state index in [-0.39, 0.29) is 6.10 Å². The van der Waals surface area contributed by atoms with Crippen molar-refractivity contribution in [2.75, 3.05) is 13.7 Å². The molecular formula is C20H25BrO2. The van der Waals surface area contributed by atoms with Crippen LogP contribution in [-0.2, 0) is 22.5 Å². The van der Waals surface area contributed by atoms with Gasteiger partial charge in [-0.25, -0.2) is 0 Å². The van der Waals surface area contributed by atoms with Gasteiger partial charge in [0.15, 0.2) is 0 Å². The zero-order valence-corrected chi connectivity index (χ0v) is 15.3. The number of halogens is 1. The molecule has 1 unspecified atom stereocenters. The van der Waals surface area contributed by atoms with Crippen LogP contribution in [0.2, 0.25) is 0 Å². The Morgan fingerprint density at radius 3 is 2.35 bits per heavy atom. The first kappa shape index (κ1) is 18.2. The lowest BCUT2D eigenvalue weighted by Crippen LogP contribution is -2.14. The van der Waals surface area contributed by atoms with Crippen molar-refractivity contribution in [2.45, 2.75) is 38.4 Å². The lowest BCUT2D eigenvalue weighted by Gasteiger charge is -2.15. The van der Waals surface area contributed by atoms with Crippen molar-refractivity contribution in [1.29, 1.82) is 0 Å². The third kappa shape index (κ3) is 7.30. The standard InChI is InChI=1S/C20H25BrO2/c1-22-20(9-5-8-17-10-12-19(21)13-11-17)14-15-23-16-18-6-3-2-4-7-18/h2-4,6-7,10-13,20H,5,8-9,14-16H2,1H3.